The lowest BCUT2D eigenvalue weighted by Gasteiger charge is -2.22. The minimum absolute atomic E-state index is 0. The van der Waals surface area contributed by atoms with Gasteiger partial charge in [0, 0.05) is 31.4 Å². The van der Waals surface area contributed by atoms with E-state index in [1.165, 1.54) is 18.2 Å². The van der Waals surface area contributed by atoms with E-state index < -0.39 is 17.6 Å². The quantitative estimate of drug-likeness (QED) is 0.361. The molecule has 2 rings (SSSR count). The minimum atomic E-state index is -0.757. The Balaban J connectivity index is 0.00000450. The van der Waals surface area contributed by atoms with Crippen molar-refractivity contribution in [1.29, 1.82) is 0 Å². The van der Waals surface area contributed by atoms with Gasteiger partial charge in [-0.15, -0.1) is 0 Å². The van der Waals surface area contributed by atoms with Crippen molar-refractivity contribution in [3.8, 4) is 0 Å². The third kappa shape index (κ3) is 7.21. The third-order valence-corrected chi connectivity index (χ3v) is 4.83. The summed E-state index contributed by atoms with van der Waals surface area (Å²) in [5.74, 6) is -1.94. The summed E-state index contributed by atoms with van der Waals surface area (Å²) in [5.41, 5.74) is 6.31. The van der Waals surface area contributed by atoms with Gasteiger partial charge in [0.25, 0.3) is 11.8 Å². The Morgan fingerprint density at radius 2 is 1.63 bits per heavy atom. The molecule has 0 spiro atoms. The highest BCUT2D eigenvalue weighted by Gasteiger charge is 2.16. The highest BCUT2D eigenvalue weighted by atomic mass is 32.2. The maximum atomic E-state index is 14.2. The number of aryl methyl sites for hydroxylation is 1. The second-order valence-electron chi connectivity index (χ2n) is 6.20. The number of hydrazine groups is 1. The highest BCUT2D eigenvalue weighted by molar-refractivity contribution is 7.96. The fourth-order valence-corrected chi connectivity index (χ4v) is 2.92. The Kier molecular flexibility index (Phi) is 10.7. The molecule has 0 saturated heterocycles. The lowest BCUT2D eigenvalue weighted by molar-refractivity contribution is -0.0266. The molecular formula is C20H27FN4O3S2. The van der Waals surface area contributed by atoms with Gasteiger partial charge in [0.2, 0.25) is 0 Å². The van der Waals surface area contributed by atoms with Crippen molar-refractivity contribution in [2.75, 3.05) is 24.4 Å². The average Bonchev–Trinajstić information content (AvgIpc) is 2.73. The fourth-order valence-electron chi connectivity index (χ4n) is 2.31. The summed E-state index contributed by atoms with van der Waals surface area (Å²) in [7, 11) is 1.74. The zero-order valence-corrected chi connectivity index (χ0v) is 19.2. The molecule has 0 fully saturated rings. The molecule has 2 amide bonds. The summed E-state index contributed by atoms with van der Waals surface area (Å²) >= 11 is 1.07. The van der Waals surface area contributed by atoms with Crippen LogP contribution < -0.4 is 15.2 Å². The SMILES string of the molecule is CCN(CC)OSN(C)c1ccc(F)c(C(=O)NNC(=O)c2ccc(C)cc2)c1.S. The van der Waals surface area contributed by atoms with Crippen LogP contribution in [0, 0.1) is 12.7 Å². The standard InChI is InChI=1S/C20H25FN4O3S.H2S/c1-5-25(6-2)28-29-24(4)16-11-12-18(21)17(13-16)20(27)23-22-19(26)15-9-7-14(3)8-10-15;/h7-13H,5-6H2,1-4H3,(H,22,26)(H,23,27);1H2. The van der Waals surface area contributed by atoms with Crippen LogP contribution in [0.1, 0.15) is 40.1 Å². The number of nitrogens with one attached hydrogen (secondary N) is 2. The van der Waals surface area contributed by atoms with Gasteiger partial charge < -0.3 is 0 Å². The molecule has 2 N–H and O–H groups in total. The molecule has 0 aromatic heterocycles. The number of carbonyl (C=O) groups excluding carboxylic acids is 2. The van der Waals surface area contributed by atoms with Gasteiger partial charge in [0.05, 0.1) is 5.56 Å². The van der Waals surface area contributed by atoms with E-state index in [1.807, 2.05) is 20.8 Å². The molecule has 0 aliphatic heterocycles. The van der Waals surface area contributed by atoms with Gasteiger partial charge in [-0.05, 0) is 37.3 Å². The van der Waals surface area contributed by atoms with E-state index in [1.54, 1.807) is 40.7 Å². The van der Waals surface area contributed by atoms with Crippen LogP contribution in [0.15, 0.2) is 42.5 Å². The summed E-state index contributed by atoms with van der Waals surface area (Å²) in [5, 5.41) is 1.75. The Morgan fingerprint density at radius 1 is 1.03 bits per heavy atom. The molecule has 0 bridgehead atoms. The number of hydrogen-bond donors (Lipinski definition) is 2. The van der Waals surface area contributed by atoms with Crippen LogP contribution in [-0.4, -0.2) is 37.0 Å². The van der Waals surface area contributed by atoms with Crippen LogP contribution in [0.25, 0.3) is 0 Å². The number of anilines is 1. The zero-order valence-electron chi connectivity index (χ0n) is 17.4. The number of rotatable bonds is 8. The number of hydrogen-bond acceptors (Lipinski definition) is 6. The Morgan fingerprint density at radius 3 is 2.23 bits per heavy atom. The van der Waals surface area contributed by atoms with Crippen LogP contribution in [0.3, 0.4) is 0 Å². The maximum Gasteiger partial charge on any atom is 0.272 e. The first-order valence-corrected chi connectivity index (χ1v) is 9.85. The molecule has 0 aliphatic carbocycles. The van der Waals surface area contributed by atoms with Crippen LogP contribution in [0.4, 0.5) is 10.1 Å². The maximum absolute atomic E-state index is 14.2. The van der Waals surface area contributed by atoms with Crippen molar-refractivity contribution in [2.45, 2.75) is 20.8 Å². The second kappa shape index (κ2) is 12.4. The van der Waals surface area contributed by atoms with E-state index in [0.29, 0.717) is 11.3 Å². The topological polar surface area (TPSA) is 73.9 Å². The summed E-state index contributed by atoms with van der Waals surface area (Å²) in [6.45, 7) is 7.27. The smallest absolute Gasteiger partial charge is 0.272 e. The number of halogens is 1. The first kappa shape index (κ1) is 25.8. The molecule has 2 aromatic rings. The predicted molar refractivity (Wildman–Crippen MR) is 123 cm³/mol. The van der Waals surface area contributed by atoms with Crippen LogP contribution >= 0.6 is 25.7 Å². The molecule has 0 atom stereocenters. The van der Waals surface area contributed by atoms with E-state index >= 15 is 0 Å². The first-order valence-electron chi connectivity index (χ1n) is 9.16. The summed E-state index contributed by atoms with van der Waals surface area (Å²) in [4.78, 5) is 24.5. The fraction of sp³-hybridized carbons (Fsp3) is 0.300. The van der Waals surface area contributed by atoms with Gasteiger partial charge in [-0.3, -0.25) is 24.7 Å². The van der Waals surface area contributed by atoms with Gasteiger partial charge in [0.15, 0.2) is 0 Å². The average molecular weight is 455 g/mol. The Bertz CT molecular complexity index is 848. The van der Waals surface area contributed by atoms with Gasteiger partial charge in [-0.25, -0.2) is 8.67 Å². The lowest BCUT2D eigenvalue weighted by atomic mass is 10.1. The molecule has 7 nitrogen and oxygen atoms in total. The van der Waals surface area contributed by atoms with Crippen molar-refractivity contribution in [3.05, 3.63) is 65.0 Å². The molecule has 164 valence electrons. The van der Waals surface area contributed by atoms with Crippen molar-refractivity contribution >= 4 is 43.2 Å². The van der Waals surface area contributed by atoms with Crippen molar-refractivity contribution in [3.63, 3.8) is 0 Å². The van der Waals surface area contributed by atoms with Gasteiger partial charge >= 0.3 is 0 Å². The normalized spacial score (nSPS) is 10.3. The first-order chi connectivity index (χ1) is 13.8. The number of hydroxylamine groups is 2. The molecule has 2 aromatic carbocycles. The van der Waals surface area contributed by atoms with Crippen molar-refractivity contribution in [1.82, 2.24) is 15.9 Å². The van der Waals surface area contributed by atoms with E-state index in [9.17, 15) is 14.0 Å². The van der Waals surface area contributed by atoms with Crippen molar-refractivity contribution < 1.29 is 18.3 Å². The van der Waals surface area contributed by atoms with Crippen molar-refractivity contribution in [2.24, 2.45) is 0 Å². The zero-order chi connectivity index (χ0) is 21.4. The number of nitrogens with zero attached hydrogens (tertiary/aromatic N) is 2. The molecule has 0 saturated carbocycles. The third-order valence-electron chi connectivity index (χ3n) is 4.12. The van der Waals surface area contributed by atoms with E-state index in [4.69, 9.17) is 4.28 Å². The van der Waals surface area contributed by atoms with E-state index in [2.05, 4.69) is 10.9 Å². The monoisotopic (exact) mass is 454 g/mol. The lowest BCUT2D eigenvalue weighted by Crippen LogP contribution is -2.42. The molecule has 0 unspecified atom stereocenters. The Hall–Kier alpha value is -2.27. The van der Waals surface area contributed by atoms with Gasteiger partial charge in [-0.1, -0.05) is 31.5 Å². The number of amides is 2. The molecule has 0 heterocycles. The number of benzene rings is 2. The number of carbonyl (C=O) groups is 2. The molecule has 0 radical (unpaired) electrons. The van der Waals surface area contributed by atoms with Crippen LogP contribution in [0.2, 0.25) is 0 Å². The predicted octanol–water partition coefficient (Wildman–Crippen LogP) is 3.59. The molecular weight excluding hydrogens is 427 g/mol. The summed E-state index contributed by atoms with van der Waals surface area (Å²) in [6, 6.07) is 11.0. The molecule has 30 heavy (non-hydrogen) atoms. The summed E-state index contributed by atoms with van der Waals surface area (Å²) in [6.07, 6.45) is 0. The van der Waals surface area contributed by atoms with E-state index in [0.717, 1.165) is 30.9 Å². The van der Waals surface area contributed by atoms with E-state index in [-0.39, 0.29) is 19.1 Å². The highest BCUT2D eigenvalue weighted by Crippen LogP contribution is 2.24. The molecule has 10 heteroatoms. The minimum Gasteiger partial charge on any atom is -0.295 e. The Labute approximate surface area is 187 Å². The largest absolute Gasteiger partial charge is 0.295 e. The van der Waals surface area contributed by atoms with Crippen LogP contribution in [0.5, 0.6) is 0 Å². The van der Waals surface area contributed by atoms with Gasteiger partial charge in [-0.2, -0.15) is 18.6 Å². The van der Waals surface area contributed by atoms with Gasteiger partial charge in [0.1, 0.15) is 18.0 Å². The second-order valence-corrected chi connectivity index (χ2v) is 7.05. The summed E-state index contributed by atoms with van der Waals surface area (Å²) < 4.78 is 21.4. The van der Waals surface area contributed by atoms with Crippen LogP contribution in [-0.2, 0) is 4.28 Å². The molecule has 0 aliphatic rings.